The predicted octanol–water partition coefficient (Wildman–Crippen LogP) is 14.7. The van der Waals surface area contributed by atoms with Crippen molar-refractivity contribution in [3.8, 4) is 22.6 Å². The minimum absolute atomic E-state index is 0.618. The molecule has 0 amide bonds. The van der Waals surface area contributed by atoms with Gasteiger partial charge in [-0.15, -0.1) is 0 Å². The van der Waals surface area contributed by atoms with Gasteiger partial charge in [-0.2, -0.15) is 0 Å². The van der Waals surface area contributed by atoms with Crippen molar-refractivity contribution in [3.05, 3.63) is 182 Å². The van der Waals surface area contributed by atoms with E-state index in [1.165, 1.54) is 0 Å². The molecule has 0 saturated heterocycles. The van der Waals surface area contributed by atoms with Gasteiger partial charge in [0.2, 0.25) is 5.89 Å². The van der Waals surface area contributed by atoms with Crippen molar-refractivity contribution in [3.63, 3.8) is 0 Å². The summed E-state index contributed by atoms with van der Waals surface area (Å²) in [5.74, 6) is 0.618. The molecule has 5 heteroatoms. The molecule has 0 spiro atoms. The van der Waals surface area contributed by atoms with E-state index in [0.717, 1.165) is 110 Å². The zero-order valence-electron chi connectivity index (χ0n) is 29.9. The van der Waals surface area contributed by atoms with Crippen LogP contribution in [-0.2, 0) is 0 Å². The van der Waals surface area contributed by atoms with Crippen LogP contribution in [0.15, 0.2) is 195 Å². The average Bonchev–Trinajstić information content (AvgIpc) is 3.97. The molecule has 0 atom stereocenters. The van der Waals surface area contributed by atoms with Crippen LogP contribution >= 0.6 is 0 Å². The first-order valence-corrected chi connectivity index (χ1v) is 18.8. The molecule has 0 saturated carbocycles. The maximum Gasteiger partial charge on any atom is 0.227 e. The van der Waals surface area contributed by atoms with Crippen LogP contribution in [0.3, 0.4) is 0 Å². The third-order valence-corrected chi connectivity index (χ3v) is 11.1. The molecule has 5 nitrogen and oxygen atoms in total. The molecule has 3 heterocycles. The van der Waals surface area contributed by atoms with E-state index in [1.54, 1.807) is 0 Å². The second kappa shape index (κ2) is 11.9. The Morgan fingerprint density at radius 1 is 0.339 bits per heavy atom. The highest BCUT2D eigenvalue weighted by atomic mass is 16.3. The van der Waals surface area contributed by atoms with Crippen LogP contribution in [0.4, 0.5) is 17.1 Å². The molecule has 0 N–H and O–H groups in total. The Morgan fingerprint density at radius 3 is 1.41 bits per heavy atom. The SMILES string of the molecule is c1ccc2c(c1)ccc1c3ccc(N(c4ccc(-c5ccc(-c6nc7ccccc7o6)cc5)cc4)c4ccc5c(c4)oc4c6ccccc6ccc54)cc3oc21. The molecule has 0 aliphatic heterocycles. The van der Waals surface area contributed by atoms with Crippen molar-refractivity contribution in [2.24, 2.45) is 0 Å². The second-order valence-corrected chi connectivity index (χ2v) is 14.3. The van der Waals surface area contributed by atoms with Gasteiger partial charge in [0.05, 0.1) is 0 Å². The number of furan rings is 2. The van der Waals surface area contributed by atoms with Gasteiger partial charge in [0.15, 0.2) is 5.58 Å². The molecule has 0 aliphatic rings. The fraction of sp³-hybridized carbons (Fsp3) is 0. The smallest absolute Gasteiger partial charge is 0.227 e. The fourth-order valence-electron chi connectivity index (χ4n) is 8.32. The van der Waals surface area contributed by atoms with E-state index in [9.17, 15) is 0 Å². The Bertz CT molecular complexity index is 3290. The van der Waals surface area contributed by atoms with Gasteiger partial charge >= 0.3 is 0 Å². The van der Waals surface area contributed by atoms with E-state index in [0.29, 0.717) is 5.89 Å². The number of rotatable bonds is 5. The molecule has 0 bridgehead atoms. The third kappa shape index (κ3) is 4.78. The molecular weight excluding hydrogens is 689 g/mol. The van der Waals surface area contributed by atoms with E-state index < -0.39 is 0 Å². The highest BCUT2D eigenvalue weighted by Crippen LogP contribution is 2.43. The lowest BCUT2D eigenvalue weighted by Gasteiger charge is -2.25. The molecule has 56 heavy (non-hydrogen) atoms. The van der Waals surface area contributed by atoms with Gasteiger partial charge in [-0.1, -0.05) is 97.1 Å². The lowest BCUT2D eigenvalue weighted by molar-refractivity contribution is 0.620. The summed E-state index contributed by atoms with van der Waals surface area (Å²) in [4.78, 5) is 6.95. The van der Waals surface area contributed by atoms with Crippen LogP contribution in [-0.4, -0.2) is 4.98 Å². The van der Waals surface area contributed by atoms with E-state index in [-0.39, 0.29) is 0 Å². The fourth-order valence-corrected chi connectivity index (χ4v) is 8.32. The number of para-hydroxylation sites is 2. The Balaban J connectivity index is 0.974. The van der Waals surface area contributed by atoms with Crippen LogP contribution in [0.25, 0.3) is 99.1 Å². The Kier molecular flexibility index (Phi) is 6.56. The highest BCUT2D eigenvalue weighted by molar-refractivity contribution is 6.17. The molecular formula is C51H30N2O3. The lowest BCUT2D eigenvalue weighted by Crippen LogP contribution is -2.09. The van der Waals surface area contributed by atoms with Gasteiger partial charge in [-0.25, -0.2) is 4.98 Å². The number of benzene rings is 9. The molecule has 0 radical (unpaired) electrons. The second-order valence-electron chi connectivity index (χ2n) is 14.3. The van der Waals surface area contributed by atoms with E-state index in [1.807, 2.05) is 24.3 Å². The van der Waals surface area contributed by atoms with Gasteiger partial charge in [-0.3, -0.25) is 0 Å². The van der Waals surface area contributed by atoms with Gasteiger partial charge < -0.3 is 18.2 Å². The zero-order valence-corrected chi connectivity index (χ0v) is 29.9. The number of anilines is 3. The Morgan fingerprint density at radius 2 is 0.821 bits per heavy atom. The number of oxazole rings is 1. The lowest BCUT2D eigenvalue weighted by atomic mass is 10.0. The number of nitrogens with zero attached hydrogens (tertiary/aromatic N) is 2. The summed E-state index contributed by atoms with van der Waals surface area (Å²) in [6.45, 7) is 0. The highest BCUT2D eigenvalue weighted by Gasteiger charge is 2.19. The quantitative estimate of drug-likeness (QED) is 0.177. The molecule has 12 rings (SSSR count). The molecule has 9 aromatic carbocycles. The number of aromatic nitrogens is 1. The van der Waals surface area contributed by atoms with Gasteiger partial charge in [0.1, 0.15) is 27.8 Å². The number of hydrogen-bond acceptors (Lipinski definition) is 5. The van der Waals surface area contributed by atoms with Gasteiger partial charge in [-0.05, 0) is 94.7 Å². The molecule has 3 aromatic heterocycles. The first-order valence-electron chi connectivity index (χ1n) is 18.8. The molecule has 0 aliphatic carbocycles. The first-order chi connectivity index (χ1) is 27.7. The molecule has 0 unspecified atom stereocenters. The summed E-state index contributed by atoms with van der Waals surface area (Å²) in [5.41, 5.74) is 11.3. The van der Waals surface area contributed by atoms with Crippen molar-refractivity contribution in [2.75, 3.05) is 4.90 Å². The zero-order chi connectivity index (χ0) is 36.7. The Labute approximate surface area is 320 Å². The van der Waals surface area contributed by atoms with Gasteiger partial charge in [0, 0.05) is 67.1 Å². The maximum absolute atomic E-state index is 6.66. The van der Waals surface area contributed by atoms with Crippen LogP contribution in [0.5, 0.6) is 0 Å². The molecule has 262 valence electrons. The summed E-state index contributed by atoms with van der Waals surface area (Å²) < 4.78 is 19.3. The topological polar surface area (TPSA) is 55.6 Å². The van der Waals surface area contributed by atoms with Crippen molar-refractivity contribution >= 4 is 93.6 Å². The summed E-state index contributed by atoms with van der Waals surface area (Å²) in [5, 5.41) is 8.94. The average molecular weight is 719 g/mol. The minimum atomic E-state index is 0.618. The summed E-state index contributed by atoms with van der Waals surface area (Å²) in [6, 6.07) is 63.4. The van der Waals surface area contributed by atoms with Gasteiger partial charge in [0.25, 0.3) is 0 Å². The van der Waals surface area contributed by atoms with Crippen molar-refractivity contribution in [1.82, 2.24) is 4.98 Å². The standard InChI is InChI=1S/C51H30N2O3/c1-3-9-39-33(7-1)19-25-43-41-27-23-37(29-47(41)54-49(39)43)53(38-24-28-42-44-26-20-34-8-2-4-10-40(34)50(44)55-48(42)30-38)36-21-17-32(18-22-36)31-13-15-35(16-14-31)51-52-45-11-5-6-12-46(45)56-51/h1-30H. The normalized spacial score (nSPS) is 11.9. The minimum Gasteiger partial charge on any atom is -0.455 e. The number of hydrogen-bond donors (Lipinski definition) is 0. The van der Waals surface area contributed by atoms with Crippen LogP contribution in [0, 0.1) is 0 Å². The Hall–Kier alpha value is -7.63. The van der Waals surface area contributed by atoms with Crippen LogP contribution in [0.1, 0.15) is 0 Å². The third-order valence-electron chi connectivity index (χ3n) is 11.1. The monoisotopic (exact) mass is 718 g/mol. The molecule has 0 fully saturated rings. The molecule has 12 aromatic rings. The van der Waals surface area contributed by atoms with Crippen LogP contribution in [0.2, 0.25) is 0 Å². The van der Waals surface area contributed by atoms with Crippen molar-refractivity contribution < 1.29 is 13.3 Å². The van der Waals surface area contributed by atoms with E-state index in [2.05, 4.69) is 168 Å². The van der Waals surface area contributed by atoms with E-state index >= 15 is 0 Å². The van der Waals surface area contributed by atoms with Crippen molar-refractivity contribution in [2.45, 2.75) is 0 Å². The summed E-state index contributed by atoms with van der Waals surface area (Å²) in [6.07, 6.45) is 0. The largest absolute Gasteiger partial charge is 0.455 e. The summed E-state index contributed by atoms with van der Waals surface area (Å²) in [7, 11) is 0. The summed E-state index contributed by atoms with van der Waals surface area (Å²) >= 11 is 0. The maximum atomic E-state index is 6.66. The first kappa shape index (κ1) is 30.8. The van der Waals surface area contributed by atoms with E-state index in [4.69, 9.17) is 13.3 Å². The number of fused-ring (bicyclic) bond motifs is 11. The van der Waals surface area contributed by atoms with Crippen LogP contribution < -0.4 is 4.90 Å². The predicted molar refractivity (Wildman–Crippen MR) is 229 cm³/mol. The van der Waals surface area contributed by atoms with Crippen molar-refractivity contribution in [1.29, 1.82) is 0 Å².